The van der Waals surface area contributed by atoms with Crippen molar-refractivity contribution in [3.05, 3.63) is 47.4 Å². The predicted molar refractivity (Wildman–Crippen MR) is 170 cm³/mol. The molecule has 3 saturated heterocycles. The highest BCUT2D eigenvalue weighted by atomic mass is 19.1. The van der Waals surface area contributed by atoms with Crippen molar-refractivity contribution in [1.82, 2.24) is 25.2 Å². The maximum absolute atomic E-state index is 14.9. The Morgan fingerprint density at radius 3 is 2.58 bits per heavy atom. The number of alkyl halides is 1. The minimum atomic E-state index is -0.746. The fourth-order valence-electron chi connectivity index (χ4n) is 7.57. The van der Waals surface area contributed by atoms with Gasteiger partial charge in [0.05, 0.1) is 17.7 Å². The smallest absolute Gasteiger partial charge is 0.319 e. The molecule has 2 unspecified atom stereocenters. The van der Waals surface area contributed by atoms with Gasteiger partial charge in [0.2, 0.25) is 0 Å². The van der Waals surface area contributed by atoms with Crippen LogP contribution in [0.4, 0.5) is 14.6 Å². The number of hydrogen-bond acceptors (Lipinski definition) is 8. The van der Waals surface area contributed by atoms with Gasteiger partial charge in [-0.15, -0.1) is 6.42 Å². The van der Waals surface area contributed by atoms with Crippen molar-refractivity contribution in [3.63, 3.8) is 0 Å². The maximum atomic E-state index is 14.9. The molecule has 1 aliphatic carbocycles. The second kappa shape index (κ2) is 10.8. The topological polar surface area (TPSA) is 86.6 Å². The van der Waals surface area contributed by atoms with Crippen LogP contribution in [0.3, 0.4) is 0 Å². The second-order valence-corrected chi connectivity index (χ2v) is 13.4. The Labute approximate surface area is 260 Å². The number of aromatic hydroxyl groups is 1. The molecule has 8 nitrogen and oxygen atoms in total. The van der Waals surface area contributed by atoms with E-state index in [-0.39, 0.29) is 22.7 Å². The third-order valence-electron chi connectivity index (χ3n) is 10.1. The number of nitrogens with one attached hydrogen (secondary N) is 1. The van der Waals surface area contributed by atoms with Gasteiger partial charge in [-0.05, 0) is 74.2 Å². The minimum absolute atomic E-state index is 0.0104. The molecule has 0 spiro atoms. The molecule has 5 heterocycles. The van der Waals surface area contributed by atoms with Crippen LogP contribution in [0.5, 0.6) is 11.8 Å². The van der Waals surface area contributed by atoms with Crippen LogP contribution in [0.15, 0.2) is 30.3 Å². The number of aromatic nitrogens is 3. The number of phenols is 1. The van der Waals surface area contributed by atoms with Crippen LogP contribution in [0.25, 0.3) is 32.9 Å². The van der Waals surface area contributed by atoms with E-state index in [1.54, 1.807) is 18.2 Å². The molecular formula is C35H36F2N6O2. The molecule has 2 aromatic carbocycles. The van der Waals surface area contributed by atoms with Crippen molar-refractivity contribution < 1.29 is 18.6 Å². The van der Waals surface area contributed by atoms with Crippen LogP contribution in [0, 0.1) is 30.5 Å². The first kappa shape index (κ1) is 28.4. The summed E-state index contributed by atoms with van der Waals surface area (Å²) in [5, 5.41) is 15.5. The van der Waals surface area contributed by atoms with Crippen LogP contribution in [-0.2, 0) is 0 Å². The van der Waals surface area contributed by atoms with Crippen LogP contribution in [0.1, 0.15) is 43.4 Å². The van der Waals surface area contributed by atoms with E-state index in [1.807, 2.05) is 13.0 Å². The first-order chi connectivity index (χ1) is 21.8. The van der Waals surface area contributed by atoms with Crippen LogP contribution in [0.2, 0.25) is 0 Å². The van der Waals surface area contributed by atoms with Crippen molar-refractivity contribution in [1.29, 1.82) is 0 Å². The largest absolute Gasteiger partial charge is 0.508 e. The van der Waals surface area contributed by atoms with E-state index >= 15 is 0 Å². The van der Waals surface area contributed by atoms with Gasteiger partial charge in [-0.25, -0.2) is 13.8 Å². The zero-order valence-corrected chi connectivity index (χ0v) is 25.3. The molecule has 4 aliphatic rings. The summed E-state index contributed by atoms with van der Waals surface area (Å²) in [5.74, 6) is 2.79. The summed E-state index contributed by atoms with van der Waals surface area (Å²) in [4.78, 5) is 19.3. The summed E-state index contributed by atoms with van der Waals surface area (Å²) in [6.07, 6.45) is 9.94. The number of ether oxygens (including phenoxy) is 1. The van der Waals surface area contributed by atoms with Gasteiger partial charge < -0.3 is 20.1 Å². The SMILES string of the molecule is C#Cc1c(F)ccc2cc(O)cc(-c3cc4nc(OCC5(CN6CC[C@@H](F)C6)CC5)nc(N5CC6CCC(C5)N6)c4nc3C)c12. The Bertz CT molecular complexity index is 1860. The molecule has 4 aromatic rings. The van der Waals surface area contributed by atoms with Gasteiger partial charge in [0.25, 0.3) is 0 Å². The molecule has 2 bridgehead atoms. The van der Waals surface area contributed by atoms with Crippen LogP contribution in [-0.4, -0.2) is 82.5 Å². The fourth-order valence-corrected chi connectivity index (χ4v) is 7.57. The van der Waals surface area contributed by atoms with Crippen molar-refractivity contribution in [2.45, 2.75) is 57.3 Å². The number of nitrogens with zero attached hydrogens (tertiary/aromatic N) is 5. The molecule has 1 saturated carbocycles. The molecule has 232 valence electrons. The molecule has 0 radical (unpaired) electrons. The van der Waals surface area contributed by atoms with Gasteiger partial charge in [-0.1, -0.05) is 12.0 Å². The summed E-state index contributed by atoms with van der Waals surface area (Å²) in [6.45, 7) is 6.09. The Kier molecular flexibility index (Phi) is 6.80. The van der Waals surface area contributed by atoms with E-state index < -0.39 is 12.0 Å². The molecule has 8 rings (SSSR count). The molecule has 4 fully saturated rings. The number of aryl methyl sites for hydroxylation is 1. The first-order valence-electron chi connectivity index (χ1n) is 15.9. The standard InChI is InChI=1S/C35H36F2N6O2/c1-3-26-29(37)7-4-21-12-25(44)13-28(31(21)26)27-14-30-32(38-20(27)2)33(43-16-23-5-6-24(17-43)39-23)41-34(40-30)45-19-35(9-10-35)18-42-11-8-22(36)15-42/h1,4,7,12-14,22-24,39,44H,5-6,8-11,15-19H2,2H3/t22-,23?,24?/m1/s1. The second-order valence-electron chi connectivity index (χ2n) is 13.4. The highest BCUT2D eigenvalue weighted by Gasteiger charge is 2.46. The van der Waals surface area contributed by atoms with Gasteiger partial charge in [0, 0.05) is 66.9 Å². The number of halogens is 2. The first-order valence-corrected chi connectivity index (χ1v) is 15.9. The molecule has 2 N–H and O–H groups in total. The fraction of sp³-hybridized carbons (Fsp3) is 0.457. The Morgan fingerprint density at radius 2 is 1.87 bits per heavy atom. The average molecular weight is 611 g/mol. The van der Waals surface area contributed by atoms with E-state index in [9.17, 15) is 13.9 Å². The lowest BCUT2D eigenvalue weighted by Crippen LogP contribution is -2.51. The third-order valence-corrected chi connectivity index (χ3v) is 10.1. The number of likely N-dealkylation sites (tertiary alicyclic amines) is 1. The number of pyridine rings is 1. The zero-order chi connectivity index (χ0) is 30.9. The van der Waals surface area contributed by atoms with Crippen molar-refractivity contribution in [2.75, 3.05) is 44.2 Å². The van der Waals surface area contributed by atoms with Crippen LogP contribution < -0.4 is 15.0 Å². The normalized spacial score (nSPS) is 24.0. The molecule has 0 amide bonds. The number of fused-ring (bicyclic) bond motifs is 4. The van der Waals surface area contributed by atoms with E-state index in [2.05, 4.69) is 21.0 Å². The molecular weight excluding hydrogens is 574 g/mol. The minimum Gasteiger partial charge on any atom is -0.508 e. The molecule has 45 heavy (non-hydrogen) atoms. The van der Waals surface area contributed by atoms with Crippen LogP contribution >= 0.6 is 0 Å². The highest BCUT2D eigenvalue weighted by Crippen LogP contribution is 2.47. The van der Waals surface area contributed by atoms with E-state index in [0.29, 0.717) is 70.3 Å². The van der Waals surface area contributed by atoms with Crippen molar-refractivity contribution in [3.8, 4) is 35.2 Å². The van der Waals surface area contributed by atoms with Crippen molar-refractivity contribution in [2.24, 2.45) is 5.41 Å². The average Bonchev–Trinajstić information content (AvgIpc) is 3.54. The monoisotopic (exact) mass is 610 g/mol. The number of terminal acetylenes is 1. The Morgan fingerprint density at radius 1 is 1.07 bits per heavy atom. The number of hydrogen-bond donors (Lipinski definition) is 2. The predicted octanol–water partition coefficient (Wildman–Crippen LogP) is 5.12. The molecule has 3 aliphatic heterocycles. The quantitative estimate of drug-likeness (QED) is 0.279. The summed E-state index contributed by atoms with van der Waals surface area (Å²) >= 11 is 0. The van der Waals surface area contributed by atoms with Gasteiger partial charge in [0.15, 0.2) is 5.82 Å². The van der Waals surface area contributed by atoms with E-state index in [1.165, 1.54) is 6.07 Å². The number of rotatable bonds is 7. The number of piperazine rings is 1. The lowest BCUT2D eigenvalue weighted by Gasteiger charge is -2.34. The van der Waals surface area contributed by atoms with Gasteiger partial charge >= 0.3 is 6.01 Å². The Hall–Kier alpha value is -4.07. The summed E-state index contributed by atoms with van der Waals surface area (Å²) in [7, 11) is 0. The molecule has 3 atom stereocenters. The summed E-state index contributed by atoms with van der Waals surface area (Å²) in [6, 6.07) is 9.11. The Balaban J connectivity index is 1.22. The van der Waals surface area contributed by atoms with Gasteiger partial charge in [-0.2, -0.15) is 9.97 Å². The lowest BCUT2D eigenvalue weighted by atomic mass is 9.93. The molecule has 10 heteroatoms. The van der Waals surface area contributed by atoms with Gasteiger partial charge in [-0.3, -0.25) is 4.90 Å². The summed E-state index contributed by atoms with van der Waals surface area (Å²) < 4.78 is 35.1. The highest BCUT2D eigenvalue weighted by molar-refractivity contribution is 6.03. The van der Waals surface area contributed by atoms with Gasteiger partial charge in [0.1, 0.15) is 23.3 Å². The third kappa shape index (κ3) is 5.22. The molecule has 2 aromatic heterocycles. The zero-order valence-electron chi connectivity index (χ0n) is 25.3. The number of benzene rings is 2. The summed E-state index contributed by atoms with van der Waals surface area (Å²) in [5.41, 5.74) is 3.36. The lowest BCUT2D eigenvalue weighted by molar-refractivity contribution is 0.165. The van der Waals surface area contributed by atoms with E-state index in [4.69, 9.17) is 26.1 Å². The number of phenolic OH excluding ortho intramolecular Hbond substituents is 1. The maximum Gasteiger partial charge on any atom is 0.319 e. The van der Waals surface area contributed by atoms with Crippen molar-refractivity contribution >= 4 is 27.6 Å². The number of anilines is 1. The van der Waals surface area contributed by atoms with E-state index in [0.717, 1.165) is 57.7 Å².